The van der Waals surface area contributed by atoms with E-state index in [1.807, 2.05) is 0 Å². The van der Waals surface area contributed by atoms with Gasteiger partial charge in [-0.3, -0.25) is 5.43 Å². The molecule has 0 saturated heterocycles. The van der Waals surface area contributed by atoms with E-state index in [2.05, 4.69) is 31.8 Å². The summed E-state index contributed by atoms with van der Waals surface area (Å²) >= 11 is 4.63. The highest BCUT2D eigenvalue weighted by Gasteiger charge is 2.15. The average molecular weight is 294 g/mol. The van der Waals surface area contributed by atoms with Crippen molar-refractivity contribution in [1.82, 2.24) is 10.4 Å². The number of amides is 1. The zero-order valence-electron chi connectivity index (χ0n) is 8.63. The van der Waals surface area contributed by atoms with Crippen LogP contribution in [0.15, 0.2) is 9.98 Å². The van der Waals surface area contributed by atoms with Crippen LogP contribution in [0.25, 0.3) is 0 Å². The van der Waals surface area contributed by atoms with Gasteiger partial charge in [0.2, 0.25) is 5.13 Å². The molecule has 0 saturated carbocycles. The van der Waals surface area contributed by atoms with E-state index >= 15 is 0 Å². The Morgan fingerprint density at radius 2 is 2.27 bits per heavy atom. The number of ether oxygens (including phenoxy) is 1. The Hall–Kier alpha value is -0.820. The van der Waals surface area contributed by atoms with Crippen molar-refractivity contribution in [3.05, 3.63) is 9.98 Å². The van der Waals surface area contributed by atoms with E-state index in [0.29, 0.717) is 5.13 Å². The van der Waals surface area contributed by atoms with Gasteiger partial charge in [0.1, 0.15) is 5.60 Å². The van der Waals surface area contributed by atoms with Crippen molar-refractivity contribution in [3.8, 4) is 0 Å². The van der Waals surface area contributed by atoms with E-state index in [0.717, 1.165) is 3.79 Å². The lowest BCUT2D eigenvalue weighted by Gasteiger charge is -2.19. The topological polar surface area (TPSA) is 63.2 Å². The Labute approximate surface area is 100 Å². The molecule has 0 radical (unpaired) electrons. The highest BCUT2D eigenvalue weighted by atomic mass is 79.9. The van der Waals surface area contributed by atoms with Gasteiger partial charge in [-0.05, 0) is 36.7 Å². The van der Waals surface area contributed by atoms with E-state index in [9.17, 15) is 4.79 Å². The van der Waals surface area contributed by atoms with E-state index in [4.69, 9.17) is 4.74 Å². The number of rotatable bonds is 2. The maximum absolute atomic E-state index is 11.2. The van der Waals surface area contributed by atoms with E-state index in [-0.39, 0.29) is 0 Å². The lowest BCUT2D eigenvalue weighted by atomic mass is 10.2. The van der Waals surface area contributed by atoms with Crippen LogP contribution in [0.5, 0.6) is 0 Å². The number of aromatic nitrogens is 1. The van der Waals surface area contributed by atoms with Gasteiger partial charge in [0.25, 0.3) is 0 Å². The second kappa shape index (κ2) is 4.80. The molecule has 1 aromatic heterocycles. The molecule has 2 N–H and O–H groups in total. The fourth-order valence-corrected chi connectivity index (χ4v) is 1.78. The fraction of sp³-hybridized carbons (Fsp3) is 0.500. The van der Waals surface area contributed by atoms with Crippen LogP contribution < -0.4 is 10.9 Å². The number of nitrogens with one attached hydrogen (secondary N) is 2. The third-order valence-corrected chi connectivity index (χ3v) is 2.54. The molecule has 5 nitrogen and oxygen atoms in total. The summed E-state index contributed by atoms with van der Waals surface area (Å²) < 4.78 is 5.90. The number of carbonyl (C=O) groups is 1. The number of hydrogen-bond donors (Lipinski definition) is 2. The summed E-state index contributed by atoms with van der Waals surface area (Å²) in [6.45, 7) is 5.39. The first kappa shape index (κ1) is 12.3. The van der Waals surface area contributed by atoms with Crippen molar-refractivity contribution in [2.75, 3.05) is 5.43 Å². The van der Waals surface area contributed by atoms with E-state index in [1.165, 1.54) is 11.3 Å². The molecule has 7 heteroatoms. The lowest BCUT2D eigenvalue weighted by Crippen LogP contribution is -2.35. The van der Waals surface area contributed by atoms with Gasteiger partial charge in [0, 0.05) is 0 Å². The van der Waals surface area contributed by atoms with Crippen LogP contribution in [0.2, 0.25) is 0 Å². The number of thiazole rings is 1. The molecular weight excluding hydrogens is 282 g/mol. The predicted octanol–water partition coefficient (Wildman–Crippen LogP) is 2.76. The first-order valence-corrected chi connectivity index (χ1v) is 5.84. The number of anilines is 1. The minimum Gasteiger partial charge on any atom is -0.443 e. The van der Waals surface area contributed by atoms with Gasteiger partial charge < -0.3 is 4.74 Å². The summed E-state index contributed by atoms with van der Waals surface area (Å²) in [6, 6.07) is 0. The number of nitrogens with zero attached hydrogens (tertiary/aromatic N) is 1. The van der Waals surface area contributed by atoms with Crippen LogP contribution in [0.1, 0.15) is 20.8 Å². The molecule has 0 aliphatic carbocycles. The Bertz CT molecular complexity index is 348. The second-order valence-electron chi connectivity index (χ2n) is 3.72. The van der Waals surface area contributed by atoms with Gasteiger partial charge in [-0.25, -0.2) is 15.2 Å². The van der Waals surface area contributed by atoms with Gasteiger partial charge in [-0.2, -0.15) is 0 Å². The SMILES string of the molecule is CC(C)(C)OC(=O)NNc1ncc(Br)s1. The van der Waals surface area contributed by atoms with E-state index < -0.39 is 11.7 Å². The van der Waals surface area contributed by atoms with Crippen molar-refractivity contribution >= 4 is 38.5 Å². The summed E-state index contributed by atoms with van der Waals surface area (Å²) in [5, 5.41) is 0.590. The average Bonchev–Trinajstić information content (AvgIpc) is 2.45. The Morgan fingerprint density at radius 3 is 2.73 bits per heavy atom. The number of halogens is 1. The van der Waals surface area contributed by atoms with Crippen molar-refractivity contribution in [3.63, 3.8) is 0 Å². The third-order valence-electron chi connectivity index (χ3n) is 1.15. The standard InChI is InChI=1S/C8H12BrN3O2S/c1-8(2,3)14-7(13)12-11-6-10-4-5(9)15-6/h4H,1-3H3,(H,10,11)(H,12,13). The predicted molar refractivity (Wildman–Crippen MR) is 62.8 cm³/mol. The van der Waals surface area contributed by atoms with Crippen LogP contribution in [0, 0.1) is 0 Å². The molecule has 0 unspecified atom stereocenters. The Kier molecular flexibility index (Phi) is 3.92. The summed E-state index contributed by atoms with van der Waals surface area (Å²) in [7, 11) is 0. The molecule has 0 atom stereocenters. The summed E-state index contributed by atoms with van der Waals surface area (Å²) in [5.41, 5.74) is 4.52. The van der Waals surface area contributed by atoms with Crippen LogP contribution in [-0.2, 0) is 4.74 Å². The van der Waals surface area contributed by atoms with Crippen LogP contribution in [0.3, 0.4) is 0 Å². The summed E-state index contributed by atoms with van der Waals surface area (Å²) in [6.07, 6.45) is 1.11. The molecule has 0 aliphatic rings. The highest BCUT2D eigenvalue weighted by molar-refractivity contribution is 9.11. The van der Waals surface area contributed by atoms with Crippen molar-refractivity contribution in [2.45, 2.75) is 26.4 Å². The summed E-state index contributed by atoms with van der Waals surface area (Å²) in [4.78, 5) is 15.2. The minimum absolute atomic E-state index is 0.505. The molecule has 1 rings (SSSR count). The zero-order valence-corrected chi connectivity index (χ0v) is 11.0. The number of carbonyl (C=O) groups excluding carboxylic acids is 1. The highest BCUT2D eigenvalue weighted by Crippen LogP contribution is 2.22. The summed E-state index contributed by atoms with van der Waals surface area (Å²) in [5.74, 6) is 0. The maximum Gasteiger partial charge on any atom is 0.426 e. The largest absolute Gasteiger partial charge is 0.443 e. The Morgan fingerprint density at radius 1 is 1.60 bits per heavy atom. The minimum atomic E-state index is -0.533. The smallest absolute Gasteiger partial charge is 0.426 e. The van der Waals surface area contributed by atoms with Crippen molar-refractivity contribution in [1.29, 1.82) is 0 Å². The van der Waals surface area contributed by atoms with Gasteiger partial charge in [0.05, 0.1) is 9.98 Å². The molecule has 0 bridgehead atoms. The fourth-order valence-electron chi connectivity index (χ4n) is 0.720. The van der Waals surface area contributed by atoms with Crippen LogP contribution in [0.4, 0.5) is 9.93 Å². The molecule has 84 valence electrons. The zero-order chi connectivity index (χ0) is 11.5. The molecule has 0 spiro atoms. The molecule has 0 aromatic carbocycles. The molecule has 0 fully saturated rings. The van der Waals surface area contributed by atoms with Crippen molar-refractivity contribution in [2.24, 2.45) is 0 Å². The number of hydrogen-bond acceptors (Lipinski definition) is 5. The van der Waals surface area contributed by atoms with Crippen LogP contribution >= 0.6 is 27.3 Å². The van der Waals surface area contributed by atoms with Gasteiger partial charge in [0.15, 0.2) is 0 Å². The first-order valence-electron chi connectivity index (χ1n) is 4.23. The van der Waals surface area contributed by atoms with Gasteiger partial charge >= 0.3 is 6.09 Å². The van der Waals surface area contributed by atoms with Crippen LogP contribution in [-0.4, -0.2) is 16.7 Å². The van der Waals surface area contributed by atoms with Crippen molar-refractivity contribution < 1.29 is 9.53 Å². The Balaban J connectivity index is 2.35. The molecule has 1 aromatic rings. The third kappa shape index (κ3) is 4.98. The monoisotopic (exact) mass is 293 g/mol. The van der Waals surface area contributed by atoms with E-state index in [1.54, 1.807) is 27.0 Å². The van der Waals surface area contributed by atoms with Gasteiger partial charge in [-0.1, -0.05) is 11.3 Å². The quantitative estimate of drug-likeness (QED) is 0.823. The van der Waals surface area contributed by atoms with Gasteiger partial charge in [-0.15, -0.1) is 0 Å². The lowest BCUT2D eigenvalue weighted by molar-refractivity contribution is 0.0541. The normalized spacial score (nSPS) is 10.9. The number of hydrazine groups is 1. The molecule has 0 aliphatic heterocycles. The maximum atomic E-state index is 11.2. The second-order valence-corrected chi connectivity index (χ2v) is 6.13. The molecule has 15 heavy (non-hydrogen) atoms. The first-order chi connectivity index (χ1) is 6.87. The molecule has 1 heterocycles. The molecular formula is C8H12BrN3O2S. The molecule has 1 amide bonds.